The van der Waals surface area contributed by atoms with E-state index < -0.39 is 0 Å². The summed E-state index contributed by atoms with van der Waals surface area (Å²) in [6, 6.07) is 31.0. The summed E-state index contributed by atoms with van der Waals surface area (Å²) >= 11 is 5.99. The number of benzene rings is 4. The molecule has 0 aliphatic heterocycles. The molecule has 1 N–H and O–H groups in total. The lowest BCUT2D eigenvalue weighted by molar-refractivity contribution is 0.303. The highest BCUT2D eigenvalue weighted by atomic mass is 35.5. The van der Waals surface area contributed by atoms with Crippen LogP contribution in [-0.4, -0.2) is 6.54 Å². The Morgan fingerprint density at radius 3 is 2.27 bits per heavy atom. The number of hydrogen-bond donors (Lipinski definition) is 1. The molecule has 4 aromatic rings. The maximum Gasteiger partial charge on any atom is 0.124 e. The van der Waals surface area contributed by atoms with Crippen molar-refractivity contribution < 1.29 is 4.74 Å². The van der Waals surface area contributed by atoms with Crippen LogP contribution in [0.1, 0.15) is 16.7 Å². The Hall–Kier alpha value is -2.52. The van der Waals surface area contributed by atoms with Gasteiger partial charge in [0.2, 0.25) is 0 Å². The molecule has 4 heteroatoms. The molecular formula is C26H25Cl2NO. The SMILES string of the molecule is Cl.Clc1ccc(COc2ccc3ccccc3c2CNCCc2ccccc2)cc1. The average molecular weight is 438 g/mol. The van der Waals surface area contributed by atoms with E-state index in [9.17, 15) is 0 Å². The third kappa shape index (κ3) is 5.76. The Morgan fingerprint density at radius 2 is 1.47 bits per heavy atom. The van der Waals surface area contributed by atoms with Crippen LogP contribution in [0, 0.1) is 0 Å². The zero-order chi connectivity index (χ0) is 19.9. The first kappa shape index (κ1) is 22.2. The van der Waals surface area contributed by atoms with Crippen LogP contribution >= 0.6 is 24.0 Å². The molecule has 0 spiro atoms. The van der Waals surface area contributed by atoms with E-state index in [0.717, 1.165) is 35.8 Å². The second-order valence-corrected chi connectivity index (χ2v) is 7.53. The first-order chi connectivity index (χ1) is 14.3. The van der Waals surface area contributed by atoms with Gasteiger partial charge < -0.3 is 10.1 Å². The minimum Gasteiger partial charge on any atom is -0.489 e. The van der Waals surface area contributed by atoms with Crippen LogP contribution in [0.3, 0.4) is 0 Å². The molecule has 0 radical (unpaired) electrons. The summed E-state index contributed by atoms with van der Waals surface area (Å²) in [6.45, 7) is 2.21. The topological polar surface area (TPSA) is 21.3 Å². The van der Waals surface area contributed by atoms with Gasteiger partial charge in [0.1, 0.15) is 12.4 Å². The zero-order valence-corrected chi connectivity index (χ0v) is 18.3. The number of ether oxygens (including phenoxy) is 1. The van der Waals surface area contributed by atoms with Gasteiger partial charge in [0.05, 0.1) is 0 Å². The lowest BCUT2D eigenvalue weighted by Gasteiger charge is -2.15. The summed E-state index contributed by atoms with van der Waals surface area (Å²) in [7, 11) is 0. The quantitative estimate of drug-likeness (QED) is 0.305. The van der Waals surface area contributed by atoms with Gasteiger partial charge in [-0.1, -0.05) is 84.4 Å². The molecule has 0 saturated carbocycles. The van der Waals surface area contributed by atoms with Crippen molar-refractivity contribution in [3.05, 3.63) is 113 Å². The summed E-state index contributed by atoms with van der Waals surface area (Å²) in [6.07, 6.45) is 1.01. The van der Waals surface area contributed by atoms with Crippen molar-refractivity contribution in [2.75, 3.05) is 6.54 Å². The van der Waals surface area contributed by atoms with E-state index in [0.29, 0.717) is 6.61 Å². The van der Waals surface area contributed by atoms with Gasteiger partial charge >= 0.3 is 0 Å². The Labute approximate surface area is 189 Å². The highest BCUT2D eigenvalue weighted by Crippen LogP contribution is 2.29. The van der Waals surface area contributed by atoms with Gasteiger partial charge in [-0.25, -0.2) is 0 Å². The van der Waals surface area contributed by atoms with Crippen LogP contribution in [0.25, 0.3) is 10.8 Å². The molecule has 0 aromatic heterocycles. The standard InChI is InChI=1S/C26H24ClNO.ClH/c27-23-13-10-21(11-14-23)19-29-26-15-12-22-8-4-5-9-24(22)25(26)18-28-17-16-20-6-2-1-3-7-20;/h1-15,28H,16-19H2;1H. The lowest BCUT2D eigenvalue weighted by Crippen LogP contribution is -2.17. The summed E-state index contributed by atoms with van der Waals surface area (Å²) in [5.74, 6) is 0.922. The van der Waals surface area contributed by atoms with E-state index in [1.54, 1.807) is 0 Å². The third-order valence-electron chi connectivity index (χ3n) is 5.04. The summed E-state index contributed by atoms with van der Waals surface area (Å²) < 4.78 is 6.20. The van der Waals surface area contributed by atoms with Gasteiger partial charge in [-0.15, -0.1) is 12.4 Å². The van der Waals surface area contributed by atoms with Crippen molar-refractivity contribution in [1.82, 2.24) is 5.32 Å². The summed E-state index contributed by atoms with van der Waals surface area (Å²) in [5, 5.41) is 6.79. The van der Waals surface area contributed by atoms with Crippen molar-refractivity contribution in [2.45, 2.75) is 19.6 Å². The molecule has 0 saturated heterocycles. The maximum absolute atomic E-state index is 6.20. The molecule has 2 nitrogen and oxygen atoms in total. The van der Waals surface area contributed by atoms with Crippen molar-refractivity contribution in [1.29, 1.82) is 0 Å². The Kier molecular flexibility index (Phi) is 8.15. The van der Waals surface area contributed by atoms with Crippen LogP contribution in [0.5, 0.6) is 5.75 Å². The average Bonchev–Trinajstić information content (AvgIpc) is 2.77. The number of rotatable bonds is 8. The van der Waals surface area contributed by atoms with Crippen molar-refractivity contribution in [3.8, 4) is 5.75 Å². The molecule has 0 bridgehead atoms. The van der Waals surface area contributed by atoms with E-state index in [2.05, 4.69) is 72.0 Å². The van der Waals surface area contributed by atoms with Crippen LogP contribution in [0.2, 0.25) is 5.02 Å². The van der Waals surface area contributed by atoms with Gasteiger partial charge in [0.15, 0.2) is 0 Å². The predicted octanol–water partition coefficient (Wildman–Crippen LogP) is 6.83. The number of nitrogens with one attached hydrogen (secondary N) is 1. The largest absolute Gasteiger partial charge is 0.489 e. The van der Waals surface area contributed by atoms with Crippen molar-refractivity contribution >= 4 is 34.8 Å². The molecule has 4 aromatic carbocycles. The Morgan fingerprint density at radius 1 is 0.733 bits per heavy atom. The van der Waals surface area contributed by atoms with E-state index in [1.807, 2.05) is 24.3 Å². The first-order valence-corrected chi connectivity index (χ1v) is 10.3. The third-order valence-corrected chi connectivity index (χ3v) is 5.29. The second kappa shape index (κ2) is 11.0. The van der Waals surface area contributed by atoms with Gasteiger partial charge in [0, 0.05) is 17.1 Å². The van der Waals surface area contributed by atoms with E-state index in [4.69, 9.17) is 16.3 Å². The van der Waals surface area contributed by atoms with Crippen LogP contribution < -0.4 is 10.1 Å². The molecule has 0 fully saturated rings. The van der Waals surface area contributed by atoms with E-state index >= 15 is 0 Å². The van der Waals surface area contributed by atoms with Crippen LogP contribution in [-0.2, 0) is 19.6 Å². The van der Waals surface area contributed by atoms with Crippen molar-refractivity contribution in [2.24, 2.45) is 0 Å². The van der Waals surface area contributed by atoms with Crippen molar-refractivity contribution in [3.63, 3.8) is 0 Å². The maximum atomic E-state index is 6.20. The summed E-state index contributed by atoms with van der Waals surface area (Å²) in [5.41, 5.74) is 3.65. The molecule has 4 rings (SSSR count). The second-order valence-electron chi connectivity index (χ2n) is 7.09. The fourth-order valence-electron chi connectivity index (χ4n) is 3.47. The monoisotopic (exact) mass is 437 g/mol. The highest BCUT2D eigenvalue weighted by Gasteiger charge is 2.09. The molecule has 0 aliphatic rings. The molecule has 0 heterocycles. The van der Waals surface area contributed by atoms with Gasteiger partial charge in [-0.3, -0.25) is 0 Å². The van der Waals surface area contributed by atoms with Gasteiger partial charge in [-0.05, 0) is 53.1 Å². The van der Waals surface area contributed by atoms with Gasteiger partial charge in [-0.2, -0.15) is 0 Å². The molecule has 0 aliphatic carbocycles. The fraction of sp³-hybridized carbons (Fsp3) is 0.154. The van der Waals surface area contributed by atoms with E-state index in [1.165, 1.54) is 21.9 Å². The molecule has 30 heavy (non-hydrogen) atoms. The van der Waals surface area contributed by atoms with Crippen LogP contribution in [0.15, 0.2) is 91.0 Å². The first-order valence-electron chi connectivity index (χ1n) is 9.92. The van der Waals surface area contributed by atoms with E-state index in [-0.39, 0.29) is 12.4 Å². The minimum atomic E-state index is 0. The Balaban J connectivity index is 0.00000256. The minimum absolute atomic E-state index is 0. The zero-order valence-electron chi connectivity index (χ0n) is 16.7. The molecule has 0 amide bonds. The lowest BCUT2D eigenvalue weighted by atomic mass is 10.0. The molecule has 0 atom stereocenters. The Bertz CT molecular complexity index is 1070. The van der Waals surface area contributed by atoms with Crippen LogP contribution in [0.4, 0.5) is 0 Å². The number of halogens is 2. The summed E-state index contributed by atoms with van der Waals surface area (Å²) in [4.78, 5) is 0. The fourth-order valence-corrected chi connectivity index (χ4v) is 3.59. The normalized spacial score (nSPS) is 10.6. The molecule has 154 valence electrons. The smallest absolute Gasteiger partial charge is 0.124 e. The molecular weight excluding hydrogens is 413 g/mol. The highest BCUT2D eigenvalue weighted by molar-refractivity contribution is 6.30. The van der Waals surface area contributed by atoms with Gasteiger partial charge in [0.25, 0.3) is 0 Å². The predicted molar refractivity (Wildman–Crippen MR) is 129 cm³/mol. The number of fused-ring (bicyclic) bond motifs is 1. The molecule has 0 unspecified atom stereocenters. The number of hydrogen-bond acceptors (Lipinski definition) is 2.